The van der Waals surface area contributed by atoms with Crippen molar-refractivity contribution < 1.29 is 9.53 Å². The van der Waals surface area contributed by atoms with Crippen molar-refractivity contribution in [3.8, 4) is 11.8 Å². The molecule has 1 amide bonds. The van der Waals surface area contributed by atoms with Gasteiger partial charge in [-0.1, -0.05) is 0 Å². The highest BCUT2D eigenvalue weighted by Crippen LogP contribution is 2.37. The Balaban J connectivity index is 2.33. The largest absolute Gasteiger partial charge is 0.482 e. The fraction of sp³-hybridized carbons (Fsp3) is 0.429. The fourth-order valence-electron chi connectivity index (χ4n) is 2.17. The van der Waals surface area contributed by atoms with Crippen molar-refractivity contribution in [3.63, 3.8) is 0 Å². The Morgan fingerprint density at radius 2 is 2.35 bits per heavy atom. The van der Waals surface area contributed by atoms with Gasteiger partial charge < -0.3 is 20.7 Å². The molecule has 0 saturated heterocycles. The lowest BCUT2D eigenvalue weighted by Gasteiger charge is -2.28. The number of fused-ring (bicyclic) bond motifs is 1. The van der Waals surface area contributed by atoms with Crippen molar-refractivity contribution in [1.29, 1.82) is 5.26 Å². The summed E-state index contributed by atoms with van der Waals surface area (Å²) in [6.07, 6.45) is 0. The zero-order valence-corrected chi connectivity index (χ0v) is 11.6. The van der Waals surface area contributed by atoms with Gasteiger partial charge in [-0.25, -0.2) is 0 Å². The molecule has 0 spiro atoms. The van der Waals surface area contributed by atoms with E-state index in [4.69, 9.17) is 15.7 Å². The Kier molecular flexibility index (Phi) is 3.99. The highest BCUT2D eigenvalue weighted by molar-refractivity contribution is 5.97. The Hall–Kier alpha value is -2.42. The summed E-state index contributed by atoms with van der Waals surface area (Å²) in [6.45, 7) is 5.18. The Labute approximate surface area is 118 Å². The van der Waals surface area contributed by atoms with Crippen LogP contribution in [0.4, 0.5) is 17.1 Å². The van der Waals surface area contributed by atoms with E-state index in [-0.39, 0.29) is 18.4 Å². The second-order valence-corrected chi connectivity index (χ2v) is 4.81. The molecule has 106 valence electrons. The third kappa shape index (κ3) is 2.77. The van der Waals surface area contributed by atoms with Gasteiger partial charge in [-0.05, 0) is 19.9 Å². The number of rotatable bonds is 4. The number of nitrogens with two attached hydrogens (primary N) is 1. The molecule has 1 aromatic rings. The summed E-state index contributed by atoms with van der Waals surface area (Å²) in [5, 5.41) is 11.7. The van der Waals surface area contributed by atoms with Crippen LogP contribution >= 0.6 is 0 Å². The molecule has 1 aliphatic rings. The van der Waals surface area contributed by atoms with Gasteiger partial charge in [0.1, 0.15) is 5.75 Å². The maximum atomic E-state index is 11.4. The molecule has 1 aliphatic heterocycles. The van der Waals surface area contributed by atoms with E-state index in [1.165, 1.54) is 0 Å². The van der Waals surface area contributed by atoms with Gasteiger partial charge in [-0.15, -0.1) is 0 Å². The molecule has 0 saturated carbocycles. The van der Waals surface area contributed by atoms with Crippen molar-refractivity contribution in [1.82, 2.24) is 0 Å². The summed E-state index contributed by atoms with van der Waals surface area (Å²) in [5.41, 5.74) is 8.06. The second-order valence-electron chi connectivity index (χ2n) is 4.81. The lowest BCUT2D eigenvalue weighted by atomic mass is 10.1. The first-order valence-electron chi connectivity index (χ1n) is 6.55. The third-order valence-electron chi connectivity index (χ3n) is 3.20. The van der Waals surface area contributed by atoms with Gasteiger partial charge in [0.25, 0.3) is 5.91 Å². The van der Waals surface area contributed by atoms with Crippen LogP contribution in [-0.4, -0.2) is 25.6 Å². The Morgan fingerprint density at radius 3 is 3.00 bits per heavy atom. The summed E-state index contributed by atoms with van der Waals surface area (Å²) < 4.78 is 5.32. The van der Waals surface area contributed by atoms with Gasteiger partial charge in [0, 0.05) is 19.2 Å². The van der Waals surface area contributed by atoms with E-state index in [0.717, 1.165) is 12.2 Å². The van der Waals surface area contributed by atoms with Gasteiger partial charge in [0.2, 0.25) is 0 Å². The van der Waals surface area contributed by atoms with E-state index in [2.05, 4.69) is 11.4 Å². The number of carbonyl (C=O) groups is 1. The number of ether oxygens (including phenoxy) is 1. The highest BCUT2D eigenvalue weighted by atomic mass is 16.5. The lowest BCUT2D eigenvalue weighted by Crippen LogP contribution is -2.30. The number of nitrogen functional groups attached to an aromatic ring is 1. The van der Waals surface area contributed by atoms with E-state index in [9.17, 15) is 4.79 Å². The number of nitriles is 1. The summed E-state index contributed by atoms with van der Waals surface area (Å²) in [5.74, 6) is 0.299. The van der Waals surface area contributed by atoms with Gasteiger partial charge in [0.15, 0.2) is 6.61 Å². The molecule has 1 heterocycles. The van der Waals surface area contributed by atoms with Crippen molar-refractivity contribution in [2.45, 2.75) is 13.8 Å². The van der Waals surface area contributed by atoms with Crippen LogP contribution in [-0.2, 0) is 4.79 Å². The SMILES string of the molecule is CCN(CC(C)C#N)c1cc2c(cc1N)OCC(=O)N2. The predicted octanol–water partition coefficient (Wildman–Crippen LogP) is 1.59. The topological polar surface area (TPSA) is 91.4 Å². The number of nitrogens with zero attached hydrogens (tertiary/aromatic N) is 2. The van der Waals surface area contributed by atoms with Crippen molar-refractivity contribution in [2.24, 2.45) is 5.92 Å². The Bertz CT molecular complexity index is 565. The molecule has 1 aromatic carbocycles. The first kappa shape index (κ1) is 14.0. The van der Waals surface area contributed by atoms with Gasteiger partial charge in [-0.2, -0.15) is 5.26 Å². The highest BCUT2D eigenvalue weighted by Gasteiger charge is 2.20. The van der Waals surface area contributed by atoms with Crippen molar-refractivity contribution >= 4 is 23.0 Å². The molecule has 0 aliphatic carbocycles. The van der Waals surface area contributed by atoms with Gasteiger partial charge in [0.05, 0.1) is 29.0 Å². The lowest BCUT2D eigenvalue weighted by molar-refractivity contribution is -0.118. The van der Waals surface area contributed by atoms with Crippen molar-refractivity contribution in [3.05, 3.63) is 12.1 Å². The van der Waals surface area contributed by atoms with Crippen LogP contribution in [0.1, 0.15) is 13.8 Å². The summed E-state index contributed by atoms with van der Waals surface area (Å²) in [7, 11) is 0. The standard InChI is InChI=1S/C14H18N4O2/c1-3-18(7-9(2)6-15)12-5-11-13(4-10(12)16)20-8-14(19)17-11/h4-5,9H,3,7-8,16H2,1-2H3,(H,17,19). The maximum Gasteiger partial charge on any atom is 0.262 e. The molecular formula is C14H18N4O2. The molecule has 0 bridgehead atoms. The van der Waals surface area contributed by atoms with Crippen LogP contribution in [0.5, 0.6) is 5.75 Å². The molecule has 1 unspecified atom stereocenters. The minimum Gasteiger partial charge on any atom is -0.482 e. The van der Waals surface area contributed by atoms with Crippen LogP contribution in [0.2, 0.25) is 0 Å². The van der Waals surface area contributed by atoms with E-state index < -0.39 is 0 Å². The maximum absolute atomic E-state index is 11.4. The molecule has 0 fully saturated rings. The number of anilines is 3. The molecule has 0 radical (unpaired) electrons. The van der Waals surface area contributed by atoms with E-state index in [0.29, 0.717) is 23.7 Å². The van der Waals surface area contributed by atoms with Crippen LogP contribution < -0.4 is 20.7 Å². The average molecular weight is 274 g/mol. The number of hydrogen-bond acceptors (Lipinski definition) is 5. The number of carbonyl (C=O) groups excluding carboxylic acids is 1. The van der Waals surface area contributed by atoms with Crippen LogP contribution in [0.3, 0.4) is 0 Å². The summed E-state index contributed by atoms with van der Waals surface area (Å²) >= 11 is 0. The number of benzene rings is 1. The number of nitrogens with one attached hydrogen (secondary N) is 1. The fourth-order valence-corrected chi connectivity index (χ4v) is 2.17. The molecule has 0 aromatic heterocycles. The Morgan fingerprint density at radius 1 is 1.60 bits per heavy atom. The molecule has 6 heteroatoms. The minimum absolute atomic E-state index is 0.00868. The van der Waals surface area contributed by atoms with E-state index in [1.54, 1.807) is 12.1 Å². The van der Waals surface area contributed by atoms with Crippen LogP contribution in [0.15, 0.2) is 12.1 Å². The van der Waals surface area contributed by atoms with Gasteiger partial charge in [-0.3, -0.25) is 4.79 Å². The zero-order chi connectivity index (χ0) is 14.7. The van der Waals surface area contributed by atoms with Crippen molar-refractivity contribution in [2.75, 3.05) is 35.6 Å². The molecule has 1 atom stereocenters. The number of hydrogen-bond donors (Lipinski definition) is 2. The third-order valence-corrected chi connectivity index (χ3v) is 3.20. The minimum atomic E-state index is -0.179. The van der Waals surface area contributed by atoms with Crippen LogP contribution in [0, 0.1) is 17.2 Å². The first-order valence-corrected chi connectivity index (χ1v) is 6.55. The molecule has 2 rings (SSSR count). The summed E-state index contributed by atoms with van der Waals surface area (Å²) in [6, 6.07) is 5.72. The molecule has 6 nitrogen and oxygen atoms in total. The molecule has 20 heavy (non-hydrogen) atoms. The molecular weight excluding hydrogens is 256 g/mol. The van der Waals surface area contributed by atoms with Crippen LogP contribution in [0.25, 0.3) is 0 Å². The summed E-state index contributed by atoms with van der Waals surface area (Å²) in [4.78, 5) is 13.4. The zero-order valence-electron chi connectivity index (χ0n) is 11.6. The predicted molar refractivity (Wildman–Crippen MR) is 77.6 cm³/mol. The van der Waals surface area contributed by atoms with Gasteiger partial charge >= 0.3 is 0 Å². The quantitative estimate of drug-likeness (QED) is 0.813. The number of amides is 1. The van der Waals surface area contributed by atoms with E-state index >= 15 is 0 Å². The smallest absolute Gasteiger partial charge is 0.262 e. The molecule has 3 N–H and O–H groups in total. The second kappa shape index (κ2) is 5.70. The normalized spacial score (nSPS) is 14.6. The first-order chi connectivity index (χ1) is 9.55. The monoisotopic (exact) mass is 274 g/mol. The van der Waals surface area contributed by atoms with E-state index in [1.807, 2.05) is 18.7 Å². The average Bonchev–Trinajstić information content (AvgIpc) is 2.44.